The monoisotopic (exact) mass is 408 g/mol. The Morgan fingerprint density at radius 1 is 1.11 bits per heavy atom. The van der Waals surface area contributed by atoms with E-state index in [-0.39, 0.29) is 5.91 Å². The molecule has 0 radical (unpaired) electrons. The van der Waals surface area contributed by atoms with E-state index >= 15 is 0 Å². The molecule has 0 saturated heterocycles. The topological polar surface area (TPSA) is 59.8 Å². The first-order valence-corrected chi connectivity index (χ1v) is 9.96. The second kappa shape index (κ2) is 7.96. The van der Waals surface area contributed by atoms with Gasteiger partial charge in [-0.2, -0.15) is 9.67 Å². The van der Waals surface area contributed by atoms with Gasteiger partial charge in [0.2, 0.25) is 5.95 Å². The molecule has 0 amide bonds. The number of nitrogens with zero attached hydrogens (tertiary/aromatic N) is 3. The molecule has 2 heterocycles. The van der Waals surface area contributed by atoms with Gasteiger partial charge in [0.15, 0.2) is 5.82 Å². The van der Waals surface area contributed by atoms with E-state index in [0.29, 0.717) is 28.9 Å². The Morgan fingerprint density at radius 3 is 2.54 bits per heavy atom. The van der Waals surface area contributed by atoms with Crippen LogP contribution in [0, 0.1) is 6.92 Å². The van der Waals surface area contributed by atoms with Crippen LogP contribution in [0.4, 0.5) is 5.95 Å². The van der Waals surface area contributed by atoms with Crippen molar-refractivity contribution >= 4 is 34.8 Å². The van der Waals surface area contributed by atoms with Crippen LogP contribution in [-0.2, 0) is 6.54 Å². The summed E-state index contributed by atoms with van der Waals surface area (Å²) >= 11 is 7.58. The van der Waals surface area contributed by atoms with Crippen LogP contribution in [0.5, 0.6) is 0 Å². The molecule has 4 rings (SSSR count). The normalized spacial score (nSPS) is 10.8. The minimum absolute atomic E-state index is 0.267. The number of benzene rings is 2. The quantitative estimate of drug-likeness (QED) is 0.488. The Morgan fingerprint density at radius 2 is 1.86 bits per heavy atom. The zero-order chi connectivity index (χ0) is 19.5. The van der Waals surface area contributed by atoms with Crippen LogP contribution >= 0.6 is 22.9 Å². The first-order valence-electron chi connectivity index (χ1n) is 8.71. The fourth-order valence-corrected chi connectivity index (χ4v) is 3.46. The van der Waals surface area contributed by atoms with E-state index < -0.39 is 0 Å². The van der Waals surface area contributed by atoms with E-state index in [4.69, 9.17) is 11.6 Å². The standard InChI is InChI=1S/C21H17ClN4OS/c1-14-4-6-15(7-5-14)19-24-21(23-13-18-3-2-12-28-18)26(25-19)20(27)16-8-10-17(22)11-9-16/h2-12H,13H2,1H3,(H,23,24,25). The molecule has 2 aromatic carbocycles. The third kappa shape index (κ3) is 3.98. The van der Waals surface area contributed by atoms with Gasteiger partial charge in [-0.1, -0.05) is 47.5 Å². The predicted octanol–water partition coefficient (Wildman–Crippen LogP) is 5.27. The number of carbonyl (C=O) groups is 1. The summed E-state index contributed by atoms with van der Waals surface area (Å²) in [5, 5.41) is 10.3. The molecule has 0 bridgehead atoms. The van der Waals surface area contributed by atoms with Gasteiger partial charge in [-0.05, 0) is 42.6 Å². The molecule has 0 atom stereocenters. The van der Waals surface area contributed by atoms with Gasteiger partial charge in [-0.25, -0.2) is 0 Å². The number of rotatable bonds is 5. The van der Waals surface area contributed by atoms with Crippen molar-refractivity contribution in [2.24, 2.45) is 0 Å². The molecule has 2 aromatic heterocycles. The lowest BCUT2D eigenvalue weighted by Gasteiger charge is -2.06. The zero-order valence-corrected chi connectivity index (χ0v) is 16.7. The minimum atomic E-state index is -0.267. The zero-order valence-electron chi connectivity index (χ0n) is 15.1. The Balaban J connectivity index is 1.70. The molecular weight excluding hydrogens is 392 g/mol. The number of hydrogen-bond donors (Lipinski definition) is 1. The second-order valence-corrected chi connectivity index (χ2v) is 7.75. The van der Waals surface area contributed by atoms with Crippen molar-refractivity contribution in [2.45, 2.75) is 13.5 Å². The maximum Gasteiger partial charge on any atom is 0.281 e. The first kappa shape index (κ1) is 18.4. The lowest BCUT2D eigenvalue weighted by Crippen LogP contribution is -2.17. The van der Waals surface area contributed by atoms with Gasteiger partial charge in [0.1, 0.15) is 0 Å². The molecule has 5 nitrogen and oxygen atoms in total. The molecule has 0 aliphatic heterocycles. The summed E-state index contributed by atoms with van der Waals surface area (Å²) in [6, 6.07) is 18.6. The van der Waals surface area contributed by atoms with Crippen LogP contribution < -0.4 is 5.32 Å². The number of halogens is 1. The lowest BCUT2D eigenvalue weighted by atomic mass is 10.1. The molecule has 28 heavy (non-hydrogen) atoms. The molecule has 4 aromatic rings. The Bertz CT molecular complexity index is 1090. The van der Waals surface area contributed by atoms with Gasteiger partial charge < -0.3 is 5.32 Å². The molecule has 140 valence electrons. The SMILES string of the molecule is Cc1ccc(-c2nc(NCc3cccs3)n(C(=O)c3ccc(Cl)cc3)n2)cc1. The van der Waals surface area contributed by atoms with Gasteiger partial charge in [0.25, 0.3) is 5.91 Å². The van der Waals surface area contributed by atoms with Crippen molar-refractivity contribution in [1.29, 1.82) is 0 Å². The summed E-state index contributed by atoms with van der Waals surface area (Å²) in [6.07, 6.45) is 0. The molecule has 0 fully saturated rings. The highest BCUT2D eigenvalue weighted by atomic mass is 35.5. The molecular formula is C21H17ClN4OS. The van der Waals surface area contributed by atoms with Crippen LogP contribution in [0.1, 0.15) is 20.8 Å². The van der Waals surface area contributed by atoms with Gasteiger partial charge in [-0.15, -0.1) is 16.4 Å². The van der Waals surface area contributed by atoms with Crippen LogP contribution in [0.2, 0.25) is 5.02 Å². The summed E-state index contributed by atoms with van der Waals surface area (Å²) in [7, 11) is 0. The molecule has 7 heteroatoms. The highest BCUT2D eigenvalue weighted by molar-refractivity contribution is 7.09. The average molecular weight is 409 g/mol. The second-order valence-electron chi connectivity index (χ2n) is 6.28. The average Bonchev–Trinajstić information content (AvgIpc) is 3.37. The Labute approximate surface area is 171 Å². The molecule has 0 unspecified atom stereocenters. The summed E-state index contributed by atoms with van der Waals surface area (Å²) in [4.78, 5) is 18.7. The number of carbonyl (C=O) groups excluding carboxylic acids is 1. The van der Waals surface area contributed by atoms with E-state index in [2.05, 4.69) is 15.4 Å². The number of anilines is 1. The van der Waals surface area contributed by atoms with Crippen LogP contribution in [0.3, 0.4) is 0 Å². The van der Waals surface area contributed by atoms with Crippen molar-refractivity contribution in [2.75, 3.05) is 5.32 Å². The third-order valence-corrected chi connectivity index (χ3v) is 5.33. The molecule has 0 spiro atoms. The van der Waals surface area contributed by atoms with E-state index in [1.807, 2.05) is 48.7 Å². The van der Waals surface area contributed by atoms with E-state index in [1.165, 1.54) is 4.68 Å². The fraction of sp³-hybridized carbons (Fsp3) is 0.0952. The minimum Gasteiger partial charge on any atom is -0.349 e. The largest absolute Gasteiger partial charge is 0.349 e. The molecule has 1 N–H and O–H groups in total. The van der Waals surface area contributed by atoms with Crippen LogP contribution in [-0.4, -0.2) is 20.7 Å². The van der Waals surface area contributed by atoms with E-state index in [9.17, 15) is 4.79 Å². The highest BCUT2D eigenvalue weighted by Crippen LogP contribution is 2.21. The van der Waals surface area contributed by atoms with Crippen molar-refractivity contribution in [3.05, 3.63) is 87.1 Å². The van der Waals surface area contributed by atoms with Crippen molar-refractivity contribution in [3.63, 3.8) is 0 Å². The maximum atomic E-state index is 13.0. The maximum absolute atomic E-state index is 13.0. The Kier molecular flexibility index (Phi) is 5.23. The van der Waals surface area contributed by atoms with Crippen molar-refractivity contribution in [3.8, 4) is 11.4 Å². The Hall–Kier alpha value is -2.96. The summed E-state index contributed by atoms with van der Waals surface area (Å²) < 4.78 is 1.31. The van der Waals surface area contributed by atoms with Crippen molar-refractivity contribution in [1.82, 2.24) is 14.8 Å². The van der Waals surface area contributed by atoms with Crippen LogP contribution in [0.15, 0.2) is 66.0 Å². The molecule has 0 aliphatic carbocycles. The van der Waals surface area contributed by atoms with Gasteiger partial charge in [0, 0.05) is 21.0 Å². The van der Waals surface area contributed by atoms with Gasteiger partial charge in [0.05, 0.1) is 6.54 Å². The number of nitrogens with one attached hydrogen (secondary N) is 1. The number of thiophene rings is 1. The predicted molar refractivity (Wildman–Crippen MR) is 113 cm³/mol. The van der Waals surface area contributed by atoms with Crippen molar-refractivity contribution < 1.29 is 4.79 Å². The number of aromatic nitrogens is 3. The van der Waals surface area contributed by atoms with E-state index in [0.717, 1.165) is 16.0 Å². The summed E-state index contributed by atoms with van der Waals surface area (Å²) in [5.74, 6) is 0.635. The molecule has 0 aliphatic rings. The van der Waals surface area contributed by atoms with Gasteiger partial charge in [-0.3, -0.25) is 4.79 Å². The number of aryl methyl sites for hydroxylation is 1. The third-order valence-electron chi connectivity index (χ3n) is 4.20. The summed E-state index contributed by atoms with van der Waals surface area (Å²) in [6.45, 7) is 2.59. The summed E-state index contributed by atoms with van der Waals surface area (Å²) in [5.41, 5.74) is 2.49. The molecule has 0 saturated carbocycles. The fourth-order valence-electron chi connectivity index (χ4n) is 2.69. The van der Waals surface area contributed by atoms with Gasteiger partial charge >= 0.3 is 0 Å². The smallest absolute Gasteiger partial charge is 0.281 e. The highest BCUT2D eigenvalue weighted by Gasteiger charge is 2.19. The van der Waals surface area contributed by atoms with E-state index in [1.54, 1.807) is 35.6 Å². The number of hydrogen-bond acceptors (Lipinski definition) is 5. The van der Waals surface area contributed by atoms with Crippen LogP contribution in [0.25, 0.3) is 11.4 Å². The first-order chi connectivity index (χ1) is 13.6. The lowest BCUT2D eigenvalue weighted by molar-refractivity contribution is 0.0947.